The zero-order chi connectivity index (χ0) is 13.3. The number of fused-ring (bicyclic) bond motifs is 1. The Morgan fingerprint density at radius 1 is 1.39 bits per heavy atom. The number of ketones is 1. The first-order chi connectivity index (χ1) is 8.42. The fraction of sp³-hybridized carbons (Fsp3) is 0.533. The largest absolute Gasteiger partial charge is 0.490 e. The summed E-state index contributed by atoms with van der Waals surface area (Å²) >= 11 is 0. The molecular formula is C15H20O3. The molecule has 3 heteroatoms. The van der Waals surface area contributed by atoms with Gasteiger partial charge in [-0.3, -0.25) is 4.79 Å². The maximum atomic E-state index is 11.6. The lowest BCUT2D eigenvalue weighted by atomic mass is 9.94. The highest BCUT2D eigenvalue weighted by molar-refractivity contribution is 6.01. The highest BCUT2D eigenvalue weighted by atomic mass is 16.5. The highest BCUT2D eigenvalue weighted by Gasteiger charge is 2.28. The summed E-state index contributed by atoms with van der Waals surface area (Å²) in [4.78, 5) is 11.6. The van der Waals surface area contributed by atoms with Crippen LogP contribution in [0.15, 0.2) is 18.2 Å². The lowest BCUT2D eigenvalue weighted by Gasteiger charge is -2.27. The van der Waals surface area contributed by atoms with Crippen molar-refractivity contribution in [3.63, 3.8) is 0 Å². The van der Waals surface area contributed by atoms with Crippen molar-refractivity contribution in [2.45, 2.75) is 39.2 Å². The Morgan fingerprint density at radius 2 is 2.11 bits per heavy atom. The second kappa shape index (κ2) is 4.73. The van der Waals surface area contributed by atoms with Crippen LogP contribution in [0.2, 0.25) is 0 Å². The van der Waals surface area contributed by atoms with Gasteiger partial charge in [0.2, 0.25) is 0 Å². The topological polar surface area (TPSA) is 46.5 Å². The number of rotatable bonds is 4. The van der Waals surface area contributed by atoms with E-state index in [-0.39, 0.29) is 18.3 Å². The fourth-order valence-electron chi connectivity index (χ4n) is 1.98. The van der Waals surface area contributed by atoms with Crippen LogP contribution in [0.5, 0.6) is 5.75 Å². The van der Waals surface area contributed by atoms with Gasteiger partial charge in [-0.05, 0) is 25.3 Å². The Balaban J connectivity index is 2.15. The van der Waals surface area contributed by atoms with Gasteiger partial charge in [0.05, 0.1) is 5.60 Å². The summed E-state index contributed by atoms with van der Waals surface area (Å²) in [5, 5.41) is 10.2. The van der Waals surface area contributed by atoms with Crippen LogP contribution in [0.3, 0.4) is 0 Å². The summed E-state index contributed by atoms with van der Waals surface area (Å²) in [6.45, 7) is 5.94. The second-order valence-corrected chi connectivity index (χ2v) is 5.51. The quantitative estimate of drug-likeness (QED) is 0.891. The molecule has 1 N–H and O–H groups in total. The van der Waals surface area contributed by atoms with Crippen LogP contribution in [-0.4, -0.2) is 23.1 Å². The Kier molecular flexibility index (Phi) is 3.44. The van der Waals surface area contributed by atoms with E-state index in [1.807, 2.05) is 32.0 Å². The van der Waals surface area contributed by atoms with Crippen LogP contribution < -0.4 is 4.74 Å². The minimum Gasteiger partial charge on any atom is -0.490 e. The molecule has 0 aliphatic heterocycles. The maximum absolute atomic E-state index is 11.6. The molecule has 1 aliphatic rings. The van der Waals surface area contributed by atoms with E-state index in [4.69, 9.17) is 4.74 Å². The molecule has 1 unspecified atom stereocenters. The Labute approximate surface area is 108 Å². The summed E-state index contributed by atoms with van der Waals surface area (Å²) in [5.41, 5.74) is 0.907. The van der Waals surface area contributed by atoms with Crippen molar-refractivity contribution in [3.8, 4) is 5.75 Å². The number of Topliss-reactive ketones (excluding diaryl/α,β-unsaturated/α-hetero) is 1. The zero-order valence-electron chi connectivity index (χ0n) is 11.2. The molecule has 18 heavy (non-hydrogen) atoms. The van der Waals surface area contributed by atoms with Gasteiger partial charge < -0.3 is 9.84 Å². The molecule has 1 aromatic rings. The second-order valence-electron chi connectivity index (χ2n) is 5.51. The third-order valence-corrected chi connectivity index (χ3v) is 3.80. The smallest absolute Gasteiger partial charge is 0.163 e. The minimum absolute atomic E-state index is 0.121. The van der Waals surface area contributed by atoms with Crippen LogP contribution in [0.25, 0.3) is 0 Å². The number of benzene rings is 1. The van der Waals surface area contributed by atoms with E-state index in [9.17, 15) is 9.90 Å². The first-order valence-electron chi connectivity index (χ1n) is 6.42. The normalized spacial score (nSPS) is 17.7. The van der Waals surface area contributed by atoms with Crippen molar-refractivity contribution < 1.29 is 14.6 Å². The maximum Gasteiger partial charge on any atom is 0.163 e. The number of aliphatic hydroxyl groups is 1. The van der Waals surface area contributed by atoms with Crippen molar-refractivity contribution >= 4 is 5.78 Å². The van der Waals surface area contributed by atoms with Gasteiger partial charge in [0.25, 0.3) is 0 Å². The van der Waals surface area contributed by atoms with E-state index in [0.717, 1.165) is 23.3 Å². The minimum atomic E-state index is -0.856. The van der Waals surface area contributed by atoms with Gasteiger partial charge in [-0.1, -0.05) is 26.0 Å². The number of carbonyl (C=O) groups is 1. The molecule has 0 heterocycles. The van der Waals surface area contributed by atoms with Crippen molar-refractivity contribution in [2.75, 3.05) is 6.61 Å². The number of hydrogen-bond acceptors (Lipinski definition) is 3. The molecule has 0 radical (unpaired) electrons. The van der Waals surface area contributed by atoms with E-state index >= 15 is 0 Å². The van der Waals surface area contributed by atoms with Gasteiger partial charge in [0, 0.05) is 17.5 Å². The van der Waals surface area contributed by atoms with Crippen molar-refractivity contribution in [3.05, 3.63) is 29.3 Å². The van der Waals surface area contributed by atoms with Crippen LogP contribution in [-0.2, 0) is 6.42 Å². The average Bonchev–Trinajstić information content (AvgIpc) is 2.69. The first kappa shape index (κ1) is 13.1. The molecule has 1 aromatic carbocycles. The number of ether oxygens (including phenoxy) is 1. The number of hydrogen-bond donors (Lipinski definition) is 1. The van der Waals surface area contributed by atoms with E-state index in [1.165, 1.54) is 0 Å². The molecule has 0 bridgehead atoms. The van der Waals surface area contributed by atoms with Crippen molar-refractivity contribution in [1.29, 1.82) is 0 Å². The van der Waals surface area contributed by atoms with Crippen molar-refractivity contribution in [2.24, 2.45) is 5.92 Å². The molecule has 98 valence electrons. The van der Waals surface area contributed by atoms with Crippen LogP contribution in [0.1, 0.15) is 43.1 Å². The standard InChI is InChI=1S/C15H20O3/c1-10(2)15(3,17)9-18-14-6-4-5-11-12(14)7-8-13(11)16/h4-6,10,17H,7-9H2,1-3H3. The SMILES string of the molecule is CC(C)C(C)(O)COc1cccc2c1CCC2=O. The molecule has 0 amide bonds. The van der Waals surface area contributed by atoms with Gasteiger partial charge in [0.15, 0.2) is 5.78 Å². The molecule has 1 aliphatic carbocycles. The average molecular weight is 248 g/mol. The third kappa shape index (κ3) is 2.41. The van der Waals surface area contributed by atoms with Gasteiger partial charge >= 0.3 is 0 Å². The Morgan fingerprint density at radius 3 is 2.78 bits per heavy atom. The molecular weight excluding hydrogens is 228 g/mol. The Hall–Kier alpha value is -1.35. The Bertz CT molecular complexity index is 461. The van der Waals surface area contributed by atoms with Gasteiger partial charge in [-0.15, -0.1) is 0 Å². The molecule has 3 nitrogen and oxygen atoms in total. The monoisotopic (exact) mass is 248 g/mol. The molecule has 0 spiro atoms. The summed E-state index contributed by atoms with van der Waals surface area (Å²) in [6, 6.07) is 5.55. The summed E-state index contributed by atoms with van der Waals surface area (Å²) in [6.07, 6.45) is 1.31. The van der Waals surface area contributed by atoms with Gasteiger partial charge in [0.1, 0.15) is 12.4 Å². The lowest BCUT2D eigenvalue weighted by molar-refractivity contribution is -0.0268. The lowest BCUT2D eigenvalue weighted by Crippen LogP contribution is -2.37. The molecule has 0 saturated carbocycles. The molecule has 0 saturated heterocycles. The highest BCUT2D eigenvalue weighted by Crippen LogP contribution is 2.31. The predicted octanol–water partition coefficient (Wildman–Crippen LogP) is 2.60. The van der Waals surface area contributed by atoms with E-state index in [0.29, 0.717) is 6.42 Å². The summed E-state index contributed by atoms with van der Waals surface area (Å²) in [7, 11) is 0. The molecule has 1 atom stereocenters. The van der Waals surface area contributed by atoms with Gasteiger partial charge in [-0.2, -0.15) is 0 Å². The van der Waals surface area contributed by atoms with Crippen LogP contribution >= 0.6 is 0 Å². The molecule has 0 fully saturated rings. The van der Waals surface area contributed by atoms with E-state index in [2.05, 4.69) is 0 Å². The zero-order valence-corrected chi connectivity index (χ0v) is 11.2. The fourth-order valence-corrected chi connectivity index (χ4v) is 1.98. The van der Waals surface area contributed by atoms with Gasteiger partial charge in [-0.25, -0.2) is 0 Å². The molecule has 2 rings (SSSR count). The van der Waals surface area contributed by atoms with Crippen molar-refractivity contribution in [1.82, 2.24) is 0 Å². The molecule has 0 aromatic heterocycles. The van der Waals surface area contributed by atoms with Crippen LogP contribution in [0.4, 0.5) is 0 Å². The summed E-state index contributed by atoms with van der Waals surface area (Å²) in [5.74, 6) is 1.04. The van der Waals surface area contributed by atoms with E-state index < -0.39 is 5.60 Å². The first-order valence-corrected chi connectivity index (χ1v) is 6.42. The predicted molar refractivity (Wildman–Crippen MR) is 70.1 cm³/mol. The van der Waals surface area contributed by atoms with E-state index in [1.54, 1.807) is 6.92 Å². The van der Waals surface area contributed by atoms with Crippen LogP contribution in [0, 0.1) is 5.92 Å². The summed E-state index contributed by atoms with van der Waals surface area (Å²) < 4.78 is 5.72. The number of carbonyl (C=O) groups excluding carboxylic acids is 1. The third-order valence-electron chi connectivity index (χ3n) is 3.80.